The highest BCUT2D eigenvalue weighted by Gasteiger charge is 2.36. The molecule has 1 fully saturated rings. The van der Waals surface area contributed by atoms with Crippen LogP contribution in [0.4, 0.5) is 5.13 Å². The topological polar surface area (TPSA) is 105 Å². The fourth-order valence-electron chi connectivity index (χ4n) is 2.63. The molecule has 2 aromatic heterocycles. The fourth-order valence-corrected chi connectivity index (χ4v) is 3.68. The van der Waals surface area contributed by atoms with Gasteiger partial charge in [-0.05, 0) is 25.8 Å². The van der Waals surface area contributed by atoms with Crippen LogP contribution in [0.3, 0.4) is 0 Å². The highest BCUT2D eigenvalue weighted by molar-refractivity contribution is 7.17. The van der Waals surface area contributed by atoms with E-state index in [0.29, 0.717) is 15.7 Å². The summed E-state index contributed by atoms with van der Waals surface area (Å²) in [5, 5.41) is 13.6. The molecular weight excluding hydrogens is 344 g/mol. The van der Waals surface area contributed by atoms with Crippen LogP contribution in [0.15, 0.2) is 12.3 Å². The van der Waals surface area contributed by atoms with Crippen molar-refractivity contribution in [3.05, 3.63) is 28.5 Å². The van der Waals surface area contributed by atoms with Crippen molar-refractivity contribution < 1.29 is 19.5 Å². The van der Waals surface area contributed by atoms with Gasteiger partial charge in [-0.1, -0.05) is 11.3 Å². The number of rotatable bonds is 7. The van der Waals surface area contributed by atoms with Crippen molar-refractivity contribution in [2.45, 2.75) is 45.7 Å². The number of aromatic carboxylic acids is 1. The quantitative estimate of drug-likeness (QED) is 0.757. The summed E-state index contributed by atoms with van der Waals surface area (Å²) in [6.07, 6.45) is 3.33. The number of nitrogens with zero attached hydrogens (tertiary/aromatic N) is 4. The van der Waals surface area contributed by atoms with Gasteiger partial charge in [0, 0.05) is 25.6 Å². The predicted octanol–water partition coefficient (Wildman–Crippen LogP) is 2.13. The van der Waals surface area contributed by atoms with E-state index >= 15 is 0 Å². The molecule has 0 spiro atoms. The minimum atomic E-state index is -1.08. The zero-order chi connectivity index (χ0) is 18.1. The van der Waals surface area contributed by atoms with Gasteiger partial charge in [-0.2, -0.15) is 5.10 Å². The number of thiazole rings is 1. The van der Waals surface area contributed by atoms with Gasteiger partial charge < -0.3 is 5.11 Å². The Kier molecular flexibility index (Phi) is 4.67. The third-order valence-corrected chi connectivity index (χ3v) is 5.22. The lowest BCUT2D eigenvalue weighted by atomic mass is 10.3. The molecule has 132 valence electrons. The summed E-state index contributed by atoms with van der Waals surface area (Å²) in [4.78, 5) is 42.1. The van der Waals surface area contributed by atoms with Gasteiger partial charge in [0.05, 0.1) is 17.1 Å². The maximum absolute atomic E-state index is 12.7. The summed E-state index contributed by atoms with van der Waals surface area (Å²) in [6, 6.07) is 1.50. The Balaban J connectivity index is 1.76. The zero-order valence-electron chi connectivity index (χ0n) is 13.9. The molecule has 1 aliphatic carbocycles. The highest BCUT2D eigenvalue weighted by Crippen LogP contribution is 2.36. The Hall–Kier alpha value is -2.55. The normalized spacial score (nSPS) is 13.7. The Morgan fingerprint density at radius 3 is 2.68 bits per heavy atom. The summed E-state index contributed by atoms with van der Waals surface area (Å²) in [5.74, 6) is -1.28. The van der Waals surface area contributed by atoms with Crippen LogP contribution in [0.5, 0.6) is 0 Å². The van der Waals surface area contributed by atoms with E-state index in [0.717, 1.165) is 12.8 Å². The first-order valence-corrected chi connectivity index (χ1v) is 8.75. The van der Waals surface area contributed by atoms with Crippen molar-refractivity contribution in [3.63, 3.8) is 0 Å². The van der Waals surface area contributed by atoms with E-state index in [-0.39, 0.29) is 36.4 Å². The first kappa shape index (κ1) is 17.3. The fraction of sp³-hybridized carbons (Fsp3) is 0.438. The van der Waals surface area contributed by atoms with E-state index in [1.165, 1.54) is 35.2 Å². The summed E-state index contributed by atoms with van der Waals surface area (Å²) >= 11 is 1.23. The molecule has 0 atom stereocenters. The summed E-state index contributed by atoms with van der Waals surface area (Å²) in [7, 11) is 0. The molecule has 3 rings (SSSR count). The third-order valence-electron chi connectivity index (χ3n) is 3.96. The van der Waals surface area contributed by atoms with Crippen LogP contribution in [-0.2, 0) is 11.3 Å². The summed E-state index contributed by atoms with van der Waals surface area (Å²) in [6.45, 7) is 3.43. The maximum atomic E-state index is 12.7. The number of carbonyl (C=O) groups excluding carboxylic acids is 2. The molecule has 0 aliphatic heterocycles. The molecule has 1 N–H and O–H groups in total. The van der Waals surface area contributed by atoms with E-state index in [1.807, 2.05) is 0 Å². The number of carboxylic acid groups (broad SMARTS) is 1. The highest BCUT2D eigenvalue weighted by atomic mass is 32.1. The van der Waals surface area contributed by atoms with Crippen LogP contribution in [0.2, 0.25) is 0 Å². The molecule has 2 aromatic rings. The smallest absolute Gasteiger partial charge is 0.354 e. The second-order valence-electron chi connectivity index (χ2n) is 5.96. The SMILES string of the molecule is CC(=O)c1sc(N(C(=O)CCn2nccc2C(=O)O)C2CC2)nc1C. The minimum Gasteiger partial charge on any atom is -0.477 e. The van der Waals surface area contributed by atoms with E-state index in [2.05, 4.69) is 10.1 Å². The lowest BCUT2D eigenvalue weighted by Gasteiger charge is -2.19. The average molecular weight is 362 g/mol. The molecule has 1 saturated carbocycles. The molecule has 0 bridgehead atoms. The van der Waals surface area contributed by atoms with Crippen molar-refractivity contribution in [2.24, 2.45) is 0 Å². The van der Waals surface area contributed by atoms with E-state index in [1.54, 1.807) is 11.8 Å². The number of anilines is 1. The molecule has 25 heavy (non-hydrogen) atoms. The number of Topliss-reactive ketones (excluding diaryl/α,β-unsaturated/α-hetero) is 1. The number of aromatic nitrogens is 3. The van der Waals surface area contributed by atoms with Crippen molar-refractivity contribution in [3.8, 4) is 0 Å². The Morgan fingerprint density at radius 2 is 2.12 bits per heavy atom. The van der Waals surface area contributed by atoms with Gasteiger partial charge in [-0.3, -0.25) is 19.2 Å². The second-order valence-corrected chi connectivity index (χ2v) is 6.93. The predicted molar refractivity (Wildman–Crippen MR) is 91.2 cm³/mol. The number of carbonyl (C=O) groups is 3. The number of hydrogen-bond acceptors (Lipinski definition) is 6. The molecular formula is C16H18N4O4S. The van der Waals surface area contributed by atoms with Gasteiger partial charge in [-0.15, -0.1) is 0 Å². The monoisotopic (exact) mass is 362 g/mol. The Bertz CT molecular complexity index is 837. The van der Waals surface area contributed by atoms with Gasteiger partial charge in [-0.25, -0.2) is 9.78 Å². The van der Waals surface area contributed by atoms with Crippen molar-refractivity contribution >= 4 is 34.1 Å². The molecule has 1 amide bonds. The average Bonchev–Trinajstić information content (AvgIpc) is 3.11. The zero-order valence-corrected chi connectivity index (χ0v) is 14.7. The molecule has 0 unspecified atom stereocenters. The maximum Gasteiger partial charge on any atom is 0.354 e. The molecule has 9 heteroatoms. The van der Waals surface area contributed by atoms with Crippen LogP contribution >= 0.6 is 11.3 Å². The van der Waals surface area contributed by atoms with E-state index in [4.69, 9.17) is 5.11 Å². The molecule has 8 nitrogen and oxygen atoms in total. The van der Waals surface area contributed by atoms with Crippen LogP contribution in [-0.4, -0.2) is 43.6 Å². The number of ketones is 1. The van der Waals surface area contributed by atoms with Crippen LogP contribution < -0.4 is 4.90 Å². The molecule has 2 heterocycles. The van der Waals surface area contributed by atoms with Crippen LogP contribution in [0.1, 0.15) is 52.0 Å². The largest absolute Gasteiger partial charge is 0.477 e. The Labute approximate surface area is 148 Å². The van der Waals surface area contributed by atoms with Gasteiger partial charge in [0.15, 0.2) is 10.9 Å². The number of carboxylic acids is 1. The molecule has 0 aromatic carbocycles. The number of hydrogen-bond donors (Lipinski definition) is 1. The standard InChI is InChI=1S/C16H18N4O4S/c1-9-14(10(2)21)25-16(18-9)20(11-3-4-11)13(22)6-8-19-12(15(23)24)5-7-17-19/h5,7,11H,3-4,6,8H2,1-2H3,(H,23,24). The van der Waals surface area contributed by atoms with Gasteiger partial charge in [0.25, 0.3) is 0 Å². The van der Waals surface area contributed by atoms with Crippen molar-refractivity contribution in [1.29, 1.82) is 0 Å². The minimum absolute atomic E-state index is 0.0507. The Morgan fingerprint density at radius 1 is 1.40 bits per heavy atom. The van der Waals surface area contributed by atoms with Crippen LogP contribution in [0.25, 0.3) is 0 Å². The van der Waals surface area contributed by atoms with E-state index in [9.17, 15) is 14.4 Å². The lowest BCUT2D eigenvalue weighted by molar-refractivity contribution is -0.119. The lowest BCUT2D eigenvalue weighted by Crippen LogP contribution is -2.33. The van der Waals surface area contributed by atoms with Gasteiger partial charge in [0.2, 0.25) is 5.91 Å². The summed E-state index contributed by atoms with van der Waals surface area (Å²) in [5.41, 5.74) is 0.681. The number of amides is 1. The second kappa shape index (κ2) is 6.75. The molecule has 0 saturated heterocycles. The summed E-state index contributed by atoms with van der Waals surface area (Å²) < 4.78 is 1.30. The molecule has 1 aliphatic rings. The van der Waals surface area contributed by atoms with E-state index < -0.39 is 5.97 Å². The van der Waals surface area contributed by atoms with Gasteiger partial charge in [0.1, 0.15) is 5.69 Å². The van der Waals surface area contributed by atoms with Crippen molar-refractivity contribution in [2.75, 3.05) is 4.90 Å². The number of aryl methyl sites for hydroxylation is 2. The van der Waals surface area contributed by atoms with Crippen molar-refractivity contribution in [1.82, 2.24) is 14.8 Å². The van der Waals surface area contributed by atoms with Gasteiger partial charge >= 0.3 is 5.97 Å². The first-order chi connectivity index (χ1) is 11.9. The molecule has 0 radical (unpaired) electrons. The third kappa shape index (κ3) is 3.60. The van der Waals surface area contributed by atoms with Crippen LogP contribution in [0, 0.1) is 6.92 Å². The first-order valence-electron chi connectivity index (χ1n) is 7.94.